The van der Waals surface area contributed by atoms with Gasteiger partial charge in [0.15, 0.2) is 0 Å². The first-order valence-corrected chi connectivity index (χ1v) is 10.4. The molecule has 2 heterocycles. The highest BCUT2D eigenvalue weighted by atomic mass is 16.1. The molecule has 1 aliphatic heterocycles. The predicted octanol–water partition coefficient (Wildman–Crippen LogP) is 3.33. The standard InChI is InChI=1S/C23H27N7O/c1-3-4-18(29-30-22(24)25)14-5-6-17-15(11-14)12-19(28-17)21(31)27-16-7-8-23(2)9-10-26-20(23)13-16/h5-7,10-13,28H,3-4,8-9H2,1-2H3,(H,27,31)(H4,24,25,30)/b29-18-. The highest BCUT2D eigenvalue weighted by Gasteiger charge is 2.33. The number of guanidine groups is 1. The maximum Gasteiger partial charge on any atom is 0.272 e. The summed E-state index contributed by atoms with van der Waals surface area (Å²) in [7, 11) is 0. The molecule has 8 heteroatoms. The van der Waals surface area contributed by atoms with Crippen molar-refractivity contribution in [1.82, 2.24) is 10.3 Å². The first-order chi connectivity index (χ1) is 14.9. The minimum absolute atomic E-state index is 0.0576. The number of aromatic amines is 1. The Hall–Kier alpha value is -3.68. The van der Waals surface area contributed by atoms with Gasteiger partial charge in [-0.1, -0.05) is 32.4 Å². The van der Waals surface area contributed by atoms with Gasteiger partial charge in [0.2, 0.25) is 5.96 Å². The number of rotatable bonds is 6. The number of carbonyl (C=O) groups excluding carboxylic acids is 1. The Morgan fingerprint density at radius 1 is 1.26 bits per heavy atom. The molecule has 0 spiro atoms. The largest absolute Gasteiger partial charge is 0.369 e. The maximum absolute atomic E-state index is 12.8. The summed E-state index contributed by atoms with van der Waals surface area (Å²) < 4.78 is 0. The molecule has 1 aromatic heterocycles. The van der Waals surface area contributed by atoms with Crippen LogP contribution in [0, 0.1) is 5.41 Å². The number of aromatic nitrogens is 1. The van der Waals surface area contributed by atoms with Gasteiger partial charge in [0.25, 0.3) is 5.91 Å². The van der Waals surface area contributed by atoms with E-state index >= 15 is 0 Å². The summed E-state index contributed by atoms with van der Waals surface area (Å²) in [5, 5.41) is 11.9. The summed E-state index contributed by atoms with van der Waals surface area (Å²) in [5.74, 6) is -0.264. The Morgan fingerprint density at radius 2 is 2.10 bits per heavy atom. The average Bonchev–Trinajstić information content (AvgIpc) is 3.33. The number of hydrogen-bond donors (Lipinski definition) is 4. The molecule has 160 valence electrons. The number of nitrogens with two attached hydrogens (primary N) is 2. The number of hydrogen-bond acceptors (Lipinski definition) is 4. The van der Waals surface area contributed by atoms with E-state index in [1.54, 1.807) is 0 Å². The van der Waals surface area contributed by atoms with E-state index in [9.17, 15) is 4.79 Å². The third-order valence-corrected chi connectivity index (χ3v) is 5.68. The monoisotopic (exact) mass is 417 g/mol. The van der Waals surface area contributed by atoms with E-state index in [4.69, 9.17) is 11.5 Å². The summed E-state index contributed by atoms with van der Waals surface area (Å²) in [5.41, 5.74) is 15.8. The minimum atomic E-state index is -0.186. The van der Waals surface area contributed by atoms with Gasteiger partial charge in [-0.05, 0) is 49.1 Å². The number of allylic oxidation sites excluding steroid dienone is 3. The molecule has 2 aromatic rings. The summed E-state index contributed by atoms with van der Waals surface area (Å²) in [6.07, 6.45) is 9.42. The van der Waals surface area contributed by atoms with Crippen molar-refractivity contribution in [2.24, 2.45) is 32.1 Å². The molecule has 0 bridgehead atoms. The summed E-state index contributed by atoms with van der Waals surface area (Å²) in [6.45, 7) is 4.26. The molecule has 1 amide bonds. The lowest BCUT2D eigenvalue weighted by atomic mass is 9.79. The van der Waals surface area contributed by atoms with Crippen molar-refractivity contribution in [3.05, 3.63) is 59.1 Å². The van der Waals surface area contributed by atoms with Crippen LogP contribution in [0.2, 0.25) is 0 Å². The molecule has 0 saturated heterocycles. The van der Waals surface area contributed by atoms with Crippen molar-refractivity contribution in [3.8, 4) is 0 Å². The Morgan fingerprint density at radius 3 is 2.87 bits per heavy atom. The second-order valence-corrected chi connectivity index (χ2v) is 8.23. The quantitative estimate of drug-likeness (QED) is 0.326. The summed E-state index contributed by atoms with van der Waals surface area (Å²) in [4.78, 5) is 20.5. The van der Waals surface area contributed by atoms with E-state index in [2.05, 4.69) is 45.4 Å². The highest BCUT2D eigenvalue weighted by molar-refractivity contribution is 6.05. The van der Waals surface area contributed by atoms with Crippen LogP contribution < -0.4 is 16.8 Å². The molecule has 1 atom stereocenters. The van der Waals surface area contributed by atoms with Crippen molar-refractivity contribution in [2.75, 3.05) is 0 Å². The van der Waals surface area contributed by atoms with Crippen LogP contribution in [0.4, 0.5) is 0 Å². The van der Waals surface area contributed by atoms with Crippen LogP contribution in [-0.2, 0) is 0 Å². The number of amides is 1. The molecular weight excluding hydrogens is 390 g/mol. The van der Waals surface area contributed by atoms with Gasteiger partial charge in [0.1, 0.15) is 5.69 Å². The Balaban J connectivity index is 1.55. The number of fused-ring (bicyclic) bond motifs is 2. The van der Waals surface area contributed by atoms with Crippen molar-refractivity contribution >= 4 is 34.7 Å². The van der Waals surface area contributed by atoms with E-state index < -0.39 is 0 Å². The van der Waals surface area contributed by atoms with Crippen molar-refractivity contribution in [3.63, 3.8) is 0 Å². The Kier molecular flexibility index (Phi) is 5.46. The van der Waals surface area contributed by atoms with Gasteiger partial charge in [0, 0.05) is 33.9 Å². The zero-order valence-electron chi connectivity index (χ0n) is 17.8. The van der Waals surface area contributed by atoms with Gasteiger partial charge in [-0.25, -0.2) is 0 Å². The molecule has 0 radical (unpaired) electrons. The molecular formula is C23H27N7O. The zero-order chi connectivity index (χ0) is 22.0. The van der Waals surface area contributed by atoms with Crippen LogP contribution in [-0.4, -0.2) is 28.8 Å². The molecule has 8 nitrogen and oxygen atoms in total. The Bertz CT molecular complexity index is 1180. The second-order valence-electron chi connectivity index (χ2n) is 8.23. The molecule has 6 N–H and O–H groups in total. The summed E-state index contributed by atoms with van der Waals surface area (Å²) in [6, 6.07) is 7.71. The van der Waals surface area contributed by atoms with Crippen LogP contribution in [0.25, 0.3) is 10.9 Å². The van der Waals surface area contributed by atoms with Crippen LogP contribution in [0.5, 0.6) is 0 Å². The Labute approximate surface area is 180 Å². The van der Waals surface area contributed by atoms with E-state index in [1.807, 2.05) is 36.6 Å². The maximum atomic E-state index is 12.8. The van der Waals surface area contributed by atoms with Crippen molar-refractivity contribution < 1.29 is 4.79 Å². The molecule has 0 fully saturated rings. The third kappa shape index (κ3) is 4.28. The lowest BCUT2D eigenvalue weighted by Crippen LogP contribution is -2.26. The second kappa shape index (κ2) is 8.22. The lowest BCUT2D eigenvalue weighted by Gasteiger charge is -2.27. The number of benzene rings is 1. The average molecular weight is 418 g/mol. The number of aliphatic imine (C=N–C) groups is 1. The fourth-order valence-electron chi connectivity index (χ4n) is 3.87. The zero-order valence-corrected chi connectivity index (χ0v) is 17.8. The van der Waals surface area contributed by atoms with Gasteiger partial charge in [-0.2, -0.15) is 5.10 Å². The summed E-state index contributed by atoms with van der Waals surface area (Å²) >= 11 is 0. The van der Waals surface area contributed by atoms with E-state index in [-0.39, 0.29) is 17.3 Å². The topological polar surface area (TPSA) is 134 Å². The van der Waals surface area contributed by atoms with E-state index in [1.165, 1.54) is 0 Å². The molecule has 31 heavy (non-hydrogen) atoms. The molecule has 4 rings (SSSR count). The fraction of sp³-hybridized carbons (Fsp3) is 0.304. The van der Waals surface area contributed by atoms with Crippen LogP contribution in [0.15, 0.2) is 63.0 Å². The van der Waals surface area contributed by atoms with E-state index in [0.717, 1.165) is 59.3 Å². The molecule has 1 aliphatic carbocycles. The molecule has 2 aliphatic rings. The van der Waals surface area contributed by atoms with Crippen LogP contribution >= 0.6 is 0 Å². The van der Waals surface area contributed by atoms with Gasteiger partial charge >= 0.3 is 0 Å². The van der Waals surface area contributed by atoms with Crippen LogP contribution in [0.3, 0.4) is 0 Å². The third-order valence-electron chi connectivity index (χ3n) is 5.68. The normalized spacial score (nSPS) is 20.3. The smallest absolute Gasteiger partial charge is 0.272 e. The fourth-order valence-corrected chi connectivity index (χ4v) is 3.87. The number of nitrogens with one attached hydrogen (secondary N) is 2. The van der Waals surface area contributed by atoms with E-state index in [0.29, 0.717) is 5.69 Å². The highest BCUT2D eigenvalue weighted by Crippen LogP contribution is 2.42. The first kappa shape index (κ1) is 20.6. The number of H-pyrrole nitrogens is 1. The molecule has 1 aromatic carbocycles. The first-order valence-electron chi connectivity index (χ1n) is 10.4. The molecule has 0 saturated carbocycles. The van der Waals surface area contributed by atoms with Gasteiger partial charge in [-0.15, -0.1) is 5.10 Å². The molecule has 1 unspecified atom stereocenters. The lowest BCUT2D eigenvalue weighted by molar-refractivity contribution is 0.0962. The number of carbonyl (C=O) groups is 1. The van der Waals surface area contributed by atoms with Gasteiger partial charge < -0.3 is 21.8 Å². The van der Waals surface area contributed by atoms with Gasteiger partial charge in [-0.3, -0.25) is 9.79 Å². The van der Waals surface area contributed by atoms with Crippen LogP contribution in [0.1, 0.15) is 55.6 Å². The predicted molar refractivity (Wildman–Crippen MR) is 125 cm³/mol. The van der Waals surface area contributed by atoms with Gasteiger partial charge in [0.05, 0.1) is 5.71 Å². The van der Waals surface area contributed by atoms with Crippen molar-refractivity contribution in [2.45, 2.75) is 39.5 Å². The SMILES string of the molecule is CCC/C(=N/N=C(N)N)c1ccc2[nH]c(C(=O)NC3=CCC4(C)CC=NC4=C3)cc2c1. The minimum Gasteiger partial charge on any atom is -0.369 e. The van der Waals surface area contributed by atoms with Crippen molar-refractivity contribution in [1.29, 1.82) is 0 Å². The number of nitrogens with zero attached hydrogens (tertiary/aromatic N) is 3.